The first-order valence-corrected chi connectivity index (χ1v) is 10.3. The number of nitro groups is 1. The molecule has 0 aliphatic carbocycles. The van der Waals surface area contributed by atoms with E-state index in [0.29, 0.717) is 5.56 Å². The number of ether oxygens (including phenoxy) is 1. The fourth-order valence-electron chi connectivity index (χ4n) is 2.30. The molecular weight excluding hydrogens is 404 g/mol. The summed E-state index contributed by atoms with van der Waals surface area (Å²) in [5.41, 5.74) is 0.660. The topological polar surface area (TPSA) is 116 Å². The molecule has 10 heteroatoms. The summed E-state index contributed by atoms with van der Waals surface area (Å²) in [7, 11) is -3.81. The lowest BCUT2D eigenvalue weighted by Crippen LogP contribution is -2.15. The first-order valence-electron chi connectivity index (χ1n) is 7.92. The minimum Gasteiger partial charge on any atom is -0.457 e. The maximum absolute atomic E-state index is 12.4. The highest BCUT2D eigenvalue weighted by Gasteiger charge is 2.20. The predicted molar refractivity (Wildman–Crippen MR) is 104 cm³/mol. The number of para-hydroxylation sites is 1. The number of nitrogens with one attached hydrogen (secondary N) is 1. The molecule has 0 amide bonds. The summed E-state index contributed by atoms with van der Waals surface area (Å²) in [6.45, 7) is -0.108. The fourth-order valence-corrected chi connectivity index (χ4v) is 4.37. The van der Waals surface area contributed by atoms with Crippen LogP contribution in [0.1, 0.15) is 15.9 Å². The second-order valence-electron chi connectivity index (χ2n) is 5.58. The van der Waals surface area contributed by atoms with Crippen LogP contribution in [0.15, 0.2) is 70.3 Å². The molecule has 1 N–H and O–H groups in total. The van der Waals surface area contributed by atoms with Crippen LogP contribution in [-0.4, -0.2) is 19.3 Å². The van der Waals surface area contributed by atoms with Crippen molar-refractivity contribution in [3.05, 3.63) is 87.3 Å². The Bertz CT molecular complexity index is 1090. The quantitative estimate of drug-likeness (QED) is 0.354. The summed E-state index contributed by atoms with van der Waals surface area (Å²) in [4.78, 5) is 22.6. The summed E-state index contributed by atoms with van der Waals surface area (Å²) in [6.07, 6.45) is 0. The van der Waals surface area contributed by atoms with E-state index in [4.69, 9.17) is 4.74 Å². The number of nitro benzene ring substituents is 1. The summed E-state index contributed by atoms with van der Waals surface area (Å²) < 4.78 is 32.5. The van der Waals surface area contributed by atoms with Gasteiger partial charge < -0.3 is 4.74 Å². The van der Waals surface area contributed by atoms with Crippen molar-refractivity contribution in [2.75, 3.05) is 4.72 Å². The third-order valence-corrected chi connectivity index (χ3v) is 6.43. The van der Waals surface area contributed by atoms with Gasteiger partial charge in [0.05, 0.1) is 16.2 Å². The molecule has 2 aromatic carbocycles. The zero-order valence-corrected chi connectivity index (χ0v) is 15.9. The second kappa shape index (κ2) is 8.19. The summed E-state index contributed by atoms with van der Waals surface area (Å²) in [5.74, 6) is -0.720. The van der Waals surface area contributed by atoms with Crippen molar-refractivity contribution in [3.63, 3.8) is 0 Å². The van der Waals surface area contributed by atoms with Crippen molar-refractivity contribution < 1.29 is 22.9 Å². The number of carbonyl (C=O) groups is 1. The van der Waals surface area contributed by atoms with Gasteiger partial charge in [-0.15, -0.1) is 11.3 Å². The van der Waals surface area contributed by atoms with E-state index in [9.17, 15) is 23.3 Å². The maximum atomic E-state index is 12.4. The van der Waals surface area contributed by atoms with Crippen molar-refractivity contribution in [1.82, 2.24) is 0 Å². The molecule has 144 valence electrons. The molecule has 0 saturated carbocycles. The predicted octanol–water partition coefficient (Wildman–Crippen LogP) is 3.81. The van der Waals surface area contributed by atoms with E-state index in [1.165, 1.54) is 42.5 Å². The highest BCUT2D eigenvalue weighted by atomic mass is 32.2. The zero-order chi connectivity index (χ0) is 20.1. The normalized spacial score (nSPS) is 11.0. The average molecular weight is 418 g/mol. The number of anilines is 1. The van der Waals surface area contributed by atoms with E-state index in [0.717, 1.165) is 11.3 Å². The standard InChI is InChI=1S/C18H14N2O6S2/c21-18(26-12-13-7-9-14(10-8-13)20(22)23)15-4-1-2-5-16(15)19-28(24,25)17-6-3-11-27-17/h1-11,19H,12H2. The van der Waals surface area contributed by atoms with Crippen LogP contribution in [0, 0.1) is 10.1 Å². The molecule has 1 aromatic heterocycles. The molecule has 28 heavy (non-hydrogen) atoms. The first kappa shape index (κ1) is 19.5. The smallest absolute Gasteiger partial charge is 0.340 e. The minimum absolute atomic E-state index is 0.0598. The van der Waals surface area contributed by atoms with Crippen LogP contribution in [0.5, 0.6) is 0 Å². The van der Waals surface area contributed by atoms with Crippen LogP contribution in [0.25, 0.3) is 0 Å². The number of nitrogens with zero attached hydrogens (tertiary/aromatic N) is 1. The SMILES string of the molecule is O=C(OCc1ccc([N+](=O)[O-])cc1)c1ccccc1NS(=O)(=O)c1cccs1. The highest BCUT2D eigenvalue weighted by Crippen LogP contribution is 2.23. The molecule has 0 atom stereocenters. The van der Waals surface area contributed by atoms with Gasteiger partial charge in [0.15, 0.2) is 0 Å². The molecule has 8 nitrogen and oxygen atoms in total. The Hall–Kier alpha value is -3.24. The van der Waals surface area contributed by atoms with Gasteiger partial charge in [-0.2, -0.15) is 0 Å². The van der Waals surface area contributed by atoms with Gasteiger partial charge in [0.1, 0.15) is 10.8 Å². The summed E-state index contributed by atoms with van der Waals surface area (Å²) >= 11 is 1.06. The number of sulfonamides is 1. The number of benzene rings is 2. The lowest BCUT2D eigenvalue weighted by atomic mass is 10.2. The number of non-ortho nitro benzene ring substituents is 1. The number of hydrogen-bond donors (Lipinski definition) is 1. The minimum atomic E-state index is -3.81. The van der Waals surface area contributed by atoms with Gasteiger partial charge in [0, 0.05) is 12.1 Å². The number of carbonyl (C=O) groups excluding carboxylic acids is 1. The van der Waals surface area contributed by atoms with Crippen LogP contribution in [-0.2, 0) is 21.4 Å². The highest BCUT2D eigenvalue weighted by molar-refractivity contribution is 7.94. The molecule has 0 fully saturated rings. The summed E-state index contributed by atoms with van der Waals surface area (Å²) in [5, 5.41) is 12.3. The number of hydrogen-bond acceptors (Lipinski definition) is 7. The molecule has 3 aromatic rings. The average Bonchev–Trinajstić information content (AvgIpc) is 3.22. The fraction of sp³-hybridized carbons (Fsp3) is 0.0556. The number of esters is 1. The number of rotatable bonds is 7. The van der Waals surface area contributed by atoms with Crippen LogP contribution in [0.3, 0.4) is 0 Å². The van der Waals surface area contributed by atoms with Gasteiger partial charge in [0.2, 0.25) is 0 Å². The zero-order valence-electron chi connectivity index (χ0n) is 14.3. The van der Waals surface area contributed by atoms with Crippen molar-refractivity contribution in [2.45, 2.75) is 10.8 Å². The third-order valence-electron chi connectivity index (χ3n) is 3.67. The van der Waals surface area contributed by atoms with E-state index in [1.807, 2.05) is 0 Å². The second-order valence-corrected chi connectivity index (χ2v) is 8.44. The largest absolute Gasteiger partial charge is 0.457 e. The molecule has 0 unspecified atom stereocenters. The molecule has 1 heterocycles. The maximum Gasteiger partial charge on any atom is 0.340 e. The number of thiophene rings is 1. The Morgan fingerprint density at radius 1 is 1.07 bits per heavy atom. The summed E-state index contributed by atoms with van der Waals surface area (Å²) in [6, 6.07) is 14.8. The van der Waals surface area contributed by atoms with Gasteiger partial charge >= 0.3 is 5.97 Å². The molecule has 0 radical (unpaired) electrons. The molecular formula is C18H14N2O6S2. The van der Waals surface area contributed by atoms with E-state index < -0.39 is 20.9 Å². The lowest BCUT2D eigenvalue weighted by molar-refractivity contribution is -0.384. The van der Waals surface area contributed by atoms with E-state index in [1.54, 1.807) is 23.6 Å². The van der Waals surface area contributed by atoms with Crippen LogP contribution >= 0.6 is 11.3 Å². The Morgan fingerprint density at radius 2 is 1.79 bits per heavy atom. The molecule has 0 spiro atoms. The van der Waals surface area contributed by atoms with Gasteiger partial charge in [-0.1, -0.05) is 18.2 Å². The van der Waals surface area contributed by atoms with Crippen molar-refractivity contribution in [3.8, 4) is 0 Å². The van der Waals surface area contributed by atoms with Gasteiger partial charge in [-0.25, -0.2) is 13.2 Å². The Morgan fingerprint density at radius 3 is 2.43 bits per heavy atom. The van der Waals surface area contributed by atoms with Crippen LogP contribution < -0.4 is 4.72 Å². The van der Waals surface area contributed by atoms with E-state index in [2.05, 4.69) is 4.72 Å². The molecule has 0 aliphatic rings. The molecule has 0 aliphatic heterocycles. The van der Waals surface area contributed by atoms with Crippen LogP contribution in [0.4, 0.5) is 11.4 Å². The Kier molecular flexibility index (Phi) is 5.71. The Balaban J connectivity index is 1.73. The van der Waals surface area contributed by atoms with Gasteiger partial charge in [0.25, 0.3) is 15.7 Å². The molecule has 0 bridgehead atoms. The monoisotopic (exact) mass is 418 g/mol. The van der Waals surface area contributed by atoms with E-state index >= 15 is 0 Å². The van der Waals surface area contributed by atoms with Crippen molar-refractivity contribution >= 4 is 38.7 Å². The third kappa shape index (κ3) is 4.53. The van der Waals surface area contributed by atoms with E-state index in [-0.39, 0.29) is 27.8 Å². The first-order chi connectivity index (χ1) is 13.4. The van der Waals surface area contributed by atoms with Gasteiger partial charge in [-0.3, -0.25) is 14.8 Å². The Labute approximate surface area is 164 Å². The molecule has 3 rings (SSSR count). The van der Waals surface area contributed by atoms with Crippen molar-refractivity contribution in [2.24, 2.45) is 0 Å². The molecule has 0 saturated heterocycles. The lowest BCUT2D eigenvalue weighted by Gasteiger charge is -2.11. The van der Waals surface area contributed by atoms with Gasteiger partial charge in [-0.05, 0) is 41.3 Å². The van der Waals surface area contributed by atoms with Crippen molar-refractivity contribution in [1.29, 1.82) is 0 Å². The van der Waals surface area contributed by atoms with Crippen LogP contribution in [0.2, 0.25) is 0 Å².